The summed E-state index contributed by atoms with van der Waals surface area (Å²) < 4.78 is 44.2. The molecule has 2 unspecified atom stereocenters. The van der Waals surface area contributed by atoms with Crippen LogP contribution in [0.3, 0.4) is 0 Å². The fraction of sp³-hybridized carbons (Fsp3) is 0.600. The van der Waals surface area contributed by atoms with Crippen LogP contribution in [0, 0.1) is 5.92 Å². The Kier molecular flexibility index (Phi) is 4.45. The Morgan fingerprint density at radius 2 is 1.90 bits per heavy atom. The molecule has 0 spiro atoms. The molecule has 5 heteroatoms. The summed E-state index contributed by atoms with van der Waals surface area (Å²) in [4.78, 5) is 0. The van der Waals surface area contributed by atoms with Gasteiger partial charge in [0.05, 0.1) is 12.7 Å². The first-order chi connectivity index (χ1) is 9.41. The van der Waals surface area contributed by atoms with Crippen LogP contribution < -0.4 is 10.1 Å². The van der Waals surface area contributed by atoms with Crippen LogP contribution in [0.2, 0.25) is 0 Å². The molecule has 2 atom stereocenters. The first-order valence-electron chi connectivity index (χ1n) is 6.93. The third-order valence-corrected chi connectivity index (χ3v) is 3.98. The van der Waals surface area contributed by atoms with Crippen molar-refractivity contribution in [2.75, 3.05) is 12.4 Å². The highest BCUT2D eigenvalue weighted by Crippen LogP contribution is 2.38. The Labute approximate surface area is 117 Å². The van der Waals surface area contributed by atoms with Crippen LogP contribution in [0.4, 0.5) is 18.9 Å². The standard InChI is InChI=1S/C15H20F3NO/c1-10-5-3-4-6-13(10)19-14-8-7-11(20-2)9-12(14)15(16,17)18/h7-10,13,19H,3-6H2,1-2H3. The third-order valence-electron chi connectivity index (χ3n) is 3.98. The van der Waals surface area contributed by atoms with E-state index in [1.54, 1.807) is 6.07 Å². The summed E-state index contributed by atoms with van der Waals surface area (Å²) in [6.45, 7) is 2.09. The monoisotopic (exact) mass is 287 g/mol. The van der Waals surface area contributed by atoms with Gasteiger partial charge in [-0.2, -0.15) is 13.2 Å². The highest BCUT2D eigenvalue weighted by Gasteiger charge is 2.35. The molecule has 1 aliphatic rings. The minimum Gasteiger partial charge on any atom is -0.497 e. The number of rotatable bonds is 3. The number of nitrogens with one attached hydrogen (secondary N) is 1. The van der Waals surface area contributed by atoms with Crippen LogP contribution in [0.25, 0.3) is 0 Å². The molecule has 0 radical (unpaired) electrons. The average Bonchev–Trinajstić information content (AvgIpc) is 2.40. The van der Waals surface area contributed by atoms with E-state index in [0.717, 1.165) is 31.7 Å². The van der Waals surface area contributed by atoms with Crippen molar-refractivity contribution in [2.24, 2.45) is 5.92 Å². The molecule has 1 aromatic rings. The summed E-state index contributed by atoms with van der Waals surface area (Å²) in [6, 6.07) is 4.18. The largest absolute Gasteiger partial charge is 0.497 e. The van der Waals surface area contributed by atoms with E-state index in [2.05, 4.69) is 12.2 Å². The van der Waals surface area contributed by atoms with Crippen LogP contribution >= 0.6 is 0 Å². The van der Waals surface area contributed by atoms with Gasteiger partial charge in [0, 0.05) is 11.7 Å². The zero-order valence-corrected chi connectivity index (χ0v) is 11.8. The van der Waals surface area contributed by atoms with Crippen LogP contribution in [0.5, 0.6) is 5.75 Å². The maximum Gasteiger partial charge on any atom is 0.418 e. The Morgan fingerprint density at radius 3 is 2.50 bits per heavy atom. The Bertz CT molecular complexity index is 459. The molecule has 1 saturated carbocycles. The van der Waals surface area contributed by atoms with Crippen molar-refractivity contribution in [1.29, 1.82) is 0 Å². The summed E-state index contributed by atoms with van der Waals surface area (Å²) in [5.41, 5.74) is -0.508. The summed E-state index contributed by atoms with van der Waals surface area (Å²) in [5.74, 6) is 0.617. The van der Waals surface area contributed by atoms with E-state index in [-0.39, 0.29) is 17.5 Å². The third kappa shape index (κ3) is 3.38. The molecule has 0 heterocycles. The number of alkyl halides is 3. The van der Waals surface area contributed by atoms with Gasteiger partial charge >= 0.3 is 6.18 Å². The highest BCUT2D eigenvalue weighted by molar-refractivity contribution is 5.56. The lowest BCUT2D eigenvalue weighted by atomic mass is 9.85. The van der Waals surface area contributed by atoms with Gasteiger partial charge in [-0.3, -0.25) is 0 Å². The average molecular weight is 287 g/mol. The van der Waals surface area contributed by atoms with Crippen molar-refractivity contribution in [2.45, 2.75) is 44.8 Å². The van der Waals surface area contributed by atoms with E-state index in [0.29, 0.717) is 5.92 Å². The van der Waals surface area contributed by atoms with E-state index in [1.165, 1.54) is 13.2 Å². The predicted molar refractivity (Wildman–Crippen MR) is 73.0 cm³/mol. The summed E-state index contributed by atoms with van der Waals surface area (Å²) in [7, 11) is 1.37. The van der Waals surface area contributed by atoms with Gasteiger partial charge in [0.25, 0.3) is 0 Å². The van der Waals surface area contributed by atoms with Gasteiger partial charge in [-0.1, -0.05) is 19.8 Å². The lowest BCUT2D eigenvalue weighted by Crippen LogP contribution is -2.31. The summed E-state index contributed by atoms with van der Waals surface area (Å²) in [5, 5.41) is 3.08. The van der Waals surface area contributed by atoms with E-state index >= 15 is 0 Å². The first kappa shape index (κ1) is 15.0. The zero-order valence-electron chi connectivity index (χ0n) is 11.8. The van der Waals surface area contributed by atoms with Crippen LogP contribution in [-0.4, -0.2) is 13.2 Å². The predicted octanol–water partition coefficient (Wildman–Crippen LogP) is 4.70. The van der Waals surface area contributed by atoms with Gasteiger partial charge < -0.3 is 10.1 Å². The zero-order chi connectivity index (χ0) is 14.8. The molecule has 1 N–H and O–H groups in total. The highest BCUT2D eigenvalue weighted by atomic mass is 19.4. The molecule has 0 saturated heterocycles. The van der Waals surface area contributed by atoms with Crippen LogP contribution in [0.15, 0.2) is 18.2 Å². The maximum absolute atomic E-state index is 13.1. The quantitative estimate of drug-likeness (QED) is 0.869. The molecule has 0 aliphatic heterocycles. The molecule has 1 aromatic carbocycles. The fourth-order valence-corrected chi connectivity index (χ4v) is 2.74. The molecule has 20 heavy (non-hydrogen) atoms. The molecule has 2 rings (SSSR count). The molecule has 112 valence electrons. The second kappa shape index (κ2) is 5.94. The smallest absolute Gasteiger partial charge is 0.418 e. The Hall–Kier alpha value is -1.39. The van der Waals surface area contributed by atoms with Crippen LogP contribution in [0.1, 0.15) is 38.2 Å². The Morgan fingerprint density at radius 1 is 1.20 bits per heavy atom. The van der Waals surface area contributed by atoms with Crippen molar-refractivity contribution in [3.8, 4) is 5.75 Å². The van der Waals surface area contributed by atoms with Crippen molar-refractivity contribution in [3.63, 3.8) is 0 Å². The molecule has 1 aliphatic carbocycles. The molecule has 0 aromatic heterocycles. The number of methoxy groups -OCH3 is 1. The first-order valence-corrected chi connectivity index (χ1v) is 6.93. The number of hydrogen-bond acceptors (Lipinski definition) is 2. The molecular weight excluding hydrogens is 267 g/mol. The maximum atomic E-state index is 13.1. The van der Waals surface area contributed by atoms with E-state index < -0.39 is 11.7 Å². The topological polar surface area (TPSA) is 21.3 Å². The summed E-state index contributed by atoms with van der Waals surface area (Å²) >= 11 is 0. The minimum atomic E-state index is -4.38. The summed E-state index contributed by atoms with van der Waals surface area (Å²) in [6.07, 6.45) is -0.165. The van der Waals surface area contributed by atoms with Crippen molar-refractivity contribution >= 4 is 5.69 Å². The number of hydrogen-bond donors (Lipinski definition) is 1. The van der Waals surface area contributed by atoms with Gasteiger partial charge in [-0.05, 0) is 37.0 Å². The second-order valence-electron chi connectivity index (χ2n) is 5.42. The van der Waals surface area contributed by atoms with Gasteiger partial charge in [0.2, 0.25) is 0 Å². The second-order valence-corrected chi connectivity index (χ2v) is 5.42. The van der Waals surface area contributed by atoms with Gasteiger partial charge in [0.15, 0.2) is 0 Å². The number of benzene rings is 1. The van der Waals surface area contributed by atoms with E-state index in [4.69, 9.17) is 4.74 Å². The number of ether oxygens (including phenoxy) is 1. The van der Waals surface area contributed by atoms with Crippen molar-refractivity contribution in [1.82, 2.24) is 0 Å². The lowest BCUT2D eigenvalue weighted by molar-refractivity contribution is -0.137. The minimum absolute atomic E-state index is 0.109. The SMILES string of the molecule is COc1ccc(NC2CCCCC2C)c(C(F)(F)F)c1. The number of anilines is 1. The molecule has 1 fully saturated rings. The fourth-order valence-electron chi connectivity index (χ4n) is 2.74. The van der Waals surface area contributed by atoms with Crippen molar-refractivity contribution in [3.05, 3.63) is 23.8 Å². The van der Waals surface area contributed by atoms with Gasteiger partial charge in [-0.25, -0.2) is 0 Å². The Balaban J connectivity index is 2.26. The molecular formula is C15H20F3NO. The molecule has 0 amide bonds. The van der Waals surface area contributed by atoms with Crippen molar-refractivity contribution < 1.29 is 17.9 Å². The molecule has 2 nitrogen and oxygen atoms in total. The van der Waals surface area contributed by atoms with E-state index in [9.17, 15) is 13.2 Å². The lowest BCUT2D eigenvalue weighted by Gasteiger charge is -2.31. The number of halogens is 3. The van der Waals surface area contributed by atoms with E-state index in [1.807, 2.05) is 0 Å². The van der Waals surface area contributed by atoms with Gasteiger partial charge in [-0.15, -0.1) is 0 Å². The van der Waals surface area contributed by atoms with Crippen LogP contribution in [-0.2, 0) is 6.18 Å². The normalized spacial score (nSPS) is 23.4. The molecule has 0 bridgehead atoms. The van der Waals surface area contributed by atoms with Gasteiger partial charge in [0.1, 0.15) is 5.75 Å².